The maximum Gasteiger partial charge on any atom is 0.186 e. The zero-order valence-electron chi connectivity index (χ0n) is 10.5. The normalized spacial score (nSPS) is 10.8. The molecule has 0 radical (unpaired) electrons. The molecule has 1 aromatic carbocycles. The Balaban J connectivity index is 2.16. The van der Waals surface area contributed by atoms with E-state index >= 15 is 0 Å². The Kier molecular flexibility index (Phi) is 5.00. The topological polar surface area (TPSA) is 49.6 Å². The molecule has 0 fully saturated rings. The molecule has 2 rings (SSSR count). The van der Waals surface area contributed by atoms with Crippen LogP contribution in [0.25, 0.3) is 11.3 Å². The molecule has 0 amide bonds. The Labute approximate surface area is 131 Å². The van der Waals surface area contributed by atoms with Crippen molar-refractivity contribution in [1.82, 2.24) is 10.7 Å². The van der Waals surface area contributed by atoms with Gasteiger partial charge in [0.2, 0.25) is 0 Å². The number of hydrogen-bond acceptors (Lipinski definition) is 3. The highest BCUT2D eigenvalue weighted by molar-refractivity contribution is 7.80. The molecule has 2 N–H and O–H groups in total. The molecule has 104 valence electrons. The summed E-state index contributed by atoms with van der Waals surface area (Å²) in [5.74, 6) is 1.19. The van der Waals surface area contributed by atoms with Crippen LogP contribution in [-0.4, -0.2) is 18.4 Å². The first-order valence-electron chi connectivity index (χ1n) is 5.66. The predicted molar refractivity (Wildman–Crippen MR) is 86.6 cm³/mol. The second kappa shape index (κ2) is 6.74. The van der Waals surface area contributed by atoms with Gasteiger partial charge in [-0.1, -0.05) is 23.2 Å². The molecular weight excluding hydrogens is 317 g/mol. The standard InChI is InChI=1S/C13H11Cl2N3OS/c1-16-13(20)18-17-7-9-3-5-12(19-9)10-6-8(14)2-4-11(10)15/h2-7H,1H3,(H2,16,18,20)/b17-7-. The highest BCUT2D eigenvalue weighted by Crippen LogP contribution is 2.31. The average molecular weight is 328 g/mol. The molecular formula is C13H11Cl2N3OS. The molecule has 7 heteroatoms. The summed E-state index contributed by atoms with van der Waals surface area (Å²) in [6.07, 6.45) is 1.52. The van der Waals surface area contributed by atoms with E-state index in [1.807, 2.05) is 0 Å². The number of halogens is 2. The Morgan fingerprint density at radius 3 is 2.85 bits per heavy atom. The molecule has 2 aromatic rings. The molecule has 20 heavy (non-hydrogen) atoms. The van der Waals surface area contributed by atoms with Crippen LogP contribution < -0.4 is 10.7 Å². The van der Waals surface area contributed by atoms with Crippen molar-refractivity contribution in [3.8, 4) is 11.3 Å². The van der Waals surface area contributed by atoms with Gasteiger partial charge in [-0.25, -0.2) is 0 Å². The first kappa shape index (κ1) is 14.8. The van der Waals surface area contributed by atoms with E-state index in [4.69, 9.17) is 39.8 Å². The molecule has 0 saturated carbocycles. The molecule has 0 bridgehead atoms. The zero-order valence-corrected chi connectivity index (χ0v) is 12.8. The van der Waals surface area contributed by atoms with E-state index < -0.39 is 0 Å². The summed E-state index contributed by atoms with van der Waals surface area (Å²) < 4.78 is 5.62. The summed E-state index contributed by atoms with van der Waals surface area (Å²) in [5.41, 5.74) is 3.37. The number of furan rings is 1. The van der Waals surface area contributed by atoms with Crippen molar-refractivity contribution < 1.29 is 4.42 Å². The monoisotopic (exact) mass is 327 g/mol. The lowest BCUT2D eigenvalue weighted by molar-refractivity contribution is 0.574. The van der Waals surface area contributed by atoms with Gasteiger partial charge in [-0.3, -0.25) is 5.43 Å². The number of nitrogens with one attached hydrogen (secondary N) is 2. The molecule has 0 saturated heterocycles. The van der Waals surface area contributed by atoms with E-state index in [0.29, 0.717) is 26.7 Å². The maximum absolute atomic E-state index is 6.11. The van der Waals surface area contributed by atoms with Crippen LogP contribution in [0, 0.1) is 0 Å². The third-order valence-electron chi connectivity index (χ3n) is 2.41. The number of hydrazone groups is 1. The summed E-state index contributed by atoms with van der Waals surface area (Å²) in [5, 5.41) is 8.26. The smallest absolute Gasteiger partial charge is 0.186 e. The SMILES string of the molecule is CNC(=S)N/N=C\c1ccc(-c2cc(Cl)ccc2Cl)o1. The van der Waals surface area contributed by atoms with E-state index in [2.05, 4.69) is 15.8 Å². The van der Waals surface area contributed by atoms with Gasteiger partial charge in [0.15, 0.2) is 5.11 Å². The van der Waals surface area contributed by atoms with Gasteiger partial charge in [-0.15, -0.1) is 0 Å². The third kappa shape index (κ3) is 3.72. The maximum atomic E-state index is 6.11. The van der Waals surface area contributed by atoms with Crippen LogP contribution in [0.15, 0.2) is 39.9 Å². The van der Waals surface area contributed by atoms with Crippen molar-refractivity contribution >= 4 is 46.7 Å². The van der Waals surface area contributed by atoms with Gasteiger partial charge in [0.1, 0.15) is 11.5 Å². The summed E-state index contributed by atoms with van der Waals surface area (Å²) in [6.45, 7) is 0. The van der Waals surface area contributed by atoms with Crippen LogP contribution in [0.4, 0.5) is 0 Å². The summed E-state index contributed by atoms with van der Waals surface area (Å²) in [7, 11) is 1.71. The summed E-state index contributed by atoms with van der Waals surface area (Å²) in [6, 6.07) is 8.78. The minimum atomic E-state index is 0.422. The van der Waals surface area contributed by atoms with Gasteiger partial charge < -0.3 is 9.73 Å². The van der Waals surface area contributed by atoms with E-state index in [1.54, 1.807) is 37.4 Å². The van der Waals surface area contributed by atoms with Crippen LogP contribution >= 0.6 is 35.4 Å². The Hall–Kier alpha value is -1.56. The summed E-state index contributed by atoms with van der Waals surface area (Å²) in [4.78, 5) is 0. The van der Waals surface area contributed by atoms with Crippen molar-refractivity contribution in [2.24, 2.45) is 5.10 Å². The van der Waals surface area contributed by atoms with Gasteiger partial charge in [0.25, 0.3) is 0 Å². The van der Waals surface area contributed by atoms with Gasteiger partial charge in [0, 0.05) is 17.6 Å². The summed E-state index contributed by atoms with van der Waals surface area (Å²) >= 11 is 16.9. The zero-order chi connectivity index (χ0) is 14.5. The molecule has 1 heterocycles. The fraction of sp³-hybridized carbons (Fsp3) is 0.0769. The van der Waals surface area contributed by atoms with Crippen LogP contribution in [-0.2, 0) is 0 Å². The quantitative estimate of drug-likeness (QED) is 0.513. The highest BCUT2D eigenvalue weighted by atomic mass is 35.5. The van der Waals surface area contributed by atoms with Crippen molar-refractivity contribution in [3.05, 3.63) is 46.1 Å². The number of nitrogens with zero attached hydrogens (tertiary/aromatic N) is 1. The van der Waals surface area contributed by atoms with Crippen molar-refractivity contribution in [2.75, 3.05) is 7.05 Å². The molecule has 0 atom stereocenters. The van der Waals surface area contributed by atoms with Gasteiger partial charge >= 0.3 is 0 Å². The number of thiocarbonyl (C=S) groups is 1. The average Bonchev–Trinajstić information content (AvgIpc) is 2.90. The first-order chi connectivity index (χ1) is 9.60. The van der Waals surface area contributed by atoms with Gasteiger partial charge in [0.05, 0.1) is 11.2 Å². The Morgan fingerprint density at radius 1 is 1.30 bits per heavy atom. The number of rotatable bonds is 3. The fourth-order valence-corrected chi connectivity index (χ4v) is 1.90. The molecule has 0 aliphatic carbocycles. The molecule has 1 aromatic heterocycles. The van der Waals surface area contributed by atoms with E-state index in [9.17, 15) is 0 Å². The Bertz CT molecular complexity index is 655. The lowest BCUT2D eigenvalue weighted by Gasteiger charge is -2.01. The number of hydrogen-bond donors (Lipinski definition) is 2. The largest absolute Gasteiger partial charge is 0.455 e. The molecule has 0 spiro atoms. The first-order valence-corrected chi connectivity index (χ1v) is 6.82. The minimum Gasteiger partial charge on any atom is -0.455 e. The molecule has 0 aliphatic heterocycles. The van der Waals surface area contributed by atoms with Crippen molar-refractivity contribution in [1.29, 1.82) is 0 Å². The van der Waals surface area contributed by atoms with E-state index in [1.165, 1.54) is 6.21 Å². The van der Waals surface area contributed by atoms with Crippen LogP contribution in [0.1, 0.15) is 5.76 Å². The number of benzene rings is 1. The van der Waals surface area contributed by atoms with Gasteiger partial charge in [-0.05, 0) is 42.5 Å². The third-order valence-corrected chi connectivity index (χ3v) is 3.27. The lowest BCUT2D eigenvalue weighted by atomic mass is 10.2. The lowest BCUT2D eigenvalue weighted by Crippen LogP contribution is -2.28. The minimum absolute atomic E-state index is 0.422. The van der Waals surface area contributed by atoms with E-state index in [0.717, 1.165) is 5.56 Å². The van der Waals surface area contributed by atoms with Crippen LogP contribution in [0.5, 0.6) is 0 Å². The molecule has 0 unspecified atom stereocenters. The molecule has 4 nitrogen and oxygen atoms in total. The predicted octanol–water partition coefficient (Wildman–Crippen LogP) is 3.68. The highest BCUT2D eigenvalue weighted by Gasteiger charge is 2.08. The second-order valence-corrected chi connectivity index (χ2v) is 5.03. The molecule has 0 aliphatic rings. The van der Waals surface area contributed by atoms with E-state index in [-0.39, 0.29) is 0 Å². The van der Waals surface area contributed by atoms with Crippen LogP contribution in [0.3, 0.4) is 0 Å². The van der Waals surface area contributed by atoms with Crippen molar-refractivity contribution in [3.63, 3.8) is 0 Å². The Morgan fingerprint density at radius 2 is 2.10 bits per heavy atom. The fourth-order valence-electron chi connectivity index (χ4n) is 1.46. The van der Waals surface area contributed by atoms with Crippen molar-refractivity contribution in [2.45, 2.75) is 0 Å². The van der Waals surface area contributed by atoms with Crippen LogP contribution in [0.2, 0.25) is 10.0 Å². The van der Waals surface area contributed by atoms with Gasteiger partial charge in [-0.2, -0.15) is 5.10 Å². The second-order valence-electron chi connectivity index (χ2n) is 3.78.